The molecule has 3 rings (SSSR count). The van der Waals surface area contributed by atoms with Gasteiger partial charge in [-0.25, -0.2) is 0 Å². The molecule has 1 unspecified atom stereocenters. The van der Waals surface area contributed by atoms with Gasteiger partial charge in [0.05, 0.1) is 11.0 Å². The number of likely N-dealkylation sites (N-methyl/N-ethyl adjacent to an activating group) is 1. The van der Waals surface area contributed by atoms with Gasteiger partial charge in [-0.3, -0.25) is 10.1 Å². The molecule has 1 aromatic carbocycles. The zero-order chi connectivity index (χ0) is 15.7. The molecule has 0 bridgehead atoms. The van der Waals surface area contributed by atoms with Crippen molar-refractivity contribution in [3.05, 3.63) is 28.3 Å². The normalized spacial score (nSPS) is 23.1. The summed E-state index contributed by atoms with van der Waals surface area (Å²) >= 11 is 0. The number of nitro benzene ring substituents is 1. The van der Waals surface area contributed by atoms with Crippen molar-refractivity contribution in [2.45, 2.75) is 12.5 Å². The first-order valence-corrected chi connectivity index (χ1v) is 7.69. The molecule has 2 aliphatic rings. The van der Waals surface area contributed by atoms with E-state index < -0.39 is 0 Å². The maximum absolute atomic E-state index is 11.3. The van der Waals surface area contributed by atoms with Crippen LogP contribution in [0.4, 0.5) is 17.1 Å². The van der Waals surface area contributed by atoms with Gasteiger partial charge in [-0.05, 0) is 25.6 Å². The second kappa shape index (κ2) is 6.10. The Kier molecular flexibility index (Phi) is 4.17. The van der Waals surface area contributed by atoms with E-state index in [2.05, 4.69) is 21.7 Å². The first kappa shape index (κ1) is 15.1. The number of aliphatic hydroxyl groups is 1. The smallest absolute Gasteiger partial charge is 0.292 e. The quantitative estimate of drug-likeness (QED) is 0.661. The Hall–Kier alpha value is -1.86. The van der Waals surface area contributed by atoms with E-state index in [4.69, 9.17) is 0 Å². The topological polar surface area (TPSA) is 73.1 Å². The molecule has 2 fully saturated rings. The predicted octanol–water partition coefficient (Wildman–Crippen LogP) is 0.918. The van der Waals surface area contributed by atoms with E-state index in [1.165, 1.54) is 0 Å². The molecule has 1 atom stereocenters. The van der Waals surface area contributed by atoms with Crippen molar-refractivity contribution in [1.29, 1.82) is 0 Å². The zero-order valence-electron chi connectivity index (χ0n) is 12.8. The number of anilines is 2. The first-order chi connectivity index (χ1) is 10.5. The van der Waals surface area contributed by atoms with Gasteiger partial charge in [-0.15, -0.1) is 0 Å². The Morgan fingerprint density at radius 2 is 1.91 bits per heavy atom. The van der Waals surface area contributed by atoms with Crippen molar-refractivity contribution < 1.29 is 10.0 Å². The summed E-state index contributed by atoms with van der Waals surface area (Å²) in [5, 5.41) is 21.0. The van der Waals surface area contributed by atoms with Gasteiger partial charge in [0.25, 0.3) is 5.69 Å². The summed E-state index contributed by atoms with van der Waals surface area (Å²) in [4.78, 5) is 17.4. The number of hydrogen-bond acceptors (Lipinski definition) is 6. The summed E-state index contributed by atoms with van der Waals surface area (Å²) in [6.07, 6.45) is 0.447. The number of piperazine rings is 1. The largest absolute Gasteiger partial charge is 0.391 e. The van der Waals surface area contributed by atoms with Gasteiger partial charge < -0.3 is 19.8 Å². The van der Waals surface area contributed by atoms with E-state index in [0.717, 1.165) is 44.8 Å². The van der Waals surface area contributed by atoms with Crippen molar-refractivity contribution in [2.75, 3.05) is 56.1 Å². The summed E-state index contributed by atoms with van der Waals surface area (Å²) in [5.41, 5.74) is 1.81. The lowest BCUT2D eigenvalue weighted by atomic mass is 10.2. The Labute approximate surface area is 129 Å². The lowest BCUT2D eigenvalue weighted by Gasteiger charge is -2.34. The van der Waals surface area contributed by atoms with Crippen molar-refractivity contribution in [3.8, 4) is 0 Å². The third kappa shape index (κ3) is 3.00. The number of β-amino-alcohol motifs (C(OH)–C–C–N with tert-alkyl or cyclic N) is 1. The second-order valence-electron chi connectivity index (χ2n) is 6.11. The van der Waals surface area contributed by atoms with E-state index in [0.29, 0.717) is 12.2 Å². The highest BCUT2D eigenvalue weighted by Crippen LogP contribution is 2.34. The van der Waals surface area contributed by atoms with E-state index >= 15 is 0 Å². The van der Waals surface area contributed by atoms with E-state index in [-0.39, 0.29) is 16.7 Å². The van der Waals surface area contributed by atoms with Crippen LogP contribution in [0.2, 0.25) is 0 Å². The number of rotatable bonds is 3. The molecule has 7 nitrogen and oxygen atoms in total. The number of aliphatic hydroxyl groups excluding tert-OH is 1. The van der Waals surface area contributed by atoms with E-state index in [9.17, 15) is 15.2 Å². The average molecular weight is 306 g/mol. The molecular weight excluding hydrogens is 284 g/mol. The SMILES string of the molecule is CN1CCN(c2cc(N3CCC(O)C3)ccc2[N+](=O)[O-])CC1. The highest BCUT2D eigenvalue weighted by molar-refractivity contribution is 5.70. The third-order valence-electron chi connectivity index (χ3n) is 4.53. The fourth-order valence-electron chi connectivity index (χ4n) is 3.14. The molecule has 2 saturated heterocycles. The monoisotopic (exact) mass is 306 g/mol. The van der Waals surface area contributed by atoms with Crippen LogP contribution < -0.4 is 9.80 Å². The average Bonchev–Trinajstić information content (AvgIpc) is 2.94. The Morgan fingerprint density at radius 1 is 1.18 bits per heavy atom. The third-order valence-corrected chi connectivity index (χ3v) is 4.53. The van der Waals surface area contributed by atoms with Crippen LogP contribution in [-0.2, 0) is 0 Å². The maximum Gasteiger partial charge on any atom is 0.292 e. The van der Waals surface area contributed by atoms with Gasteiger partial charge in [0, 0.05) is 51.0 Å². The van der Waals surface area contributed by atoms with Crippen LogP contribution in [0.3, 0.4) is 0 Å². The van der Waals surface area contributed by atoms with Crippen LogP contribution >= 0.6 is 0 Å². The Balaban J connectivity index is 1.89. The number of benzene rings is 1. The zero-order valence-corrected chi connectivity index (χ0v) is 12.8. The van der Waals surface area contributed by atoms with Crippen molar-refractivity contribution in [1.82, 2.24) is 4.90 Å². The fourth-order valence-corrected chi connectivity index (χ4v) is 3.14. The van der Waals surface area contributed by atoms with Crippen LogP contribution in [0.5, 0.6) is 0 Å². The van der Waals surface area contributed by atoms with E-state index in [1.807, 2.05) is 6.07 Å². The highest BCUT2D eigenvalue weighted by Gasteiger charge is 2.26. The molecule has 120 valence electrons. The standard InChI is InChI=1S/C15H22N4O3/c1-16-6-8-17(9-7-16)15-10-12(2-3-14(15)19(21)22)18-5-4-13(20)11-18/h2-3,10,13,20H,4-9,11H2,1H3. The number of nitro groups is 1. The Bertz CT molecular complexity index is 558. The van der Waals surface area contributed by atoms with Crippen LogP contribution in [0.15, 0.2) is 18.2 Å². The van der Waals surface area contributed by atoms with Crippen LogP contribution in [-0.4, -0.2) is 67.3 Å². The van der Waals surface area contributed by atoms with Crippen molar-refractivity contribution >= 4 is 17.1 Å². The van der Waals surface area contributed by atoms with Gasteiger partial charge in [0.1, 0.15) is 5.69 Å². The maximum atomic E-state index is 11.3. The molecule has 0 aliphatic carbocycles. The first-order valence-electron chi connectivity index (χ1n) is 7.69. The van der Waals surface area contributed by atoms with Gasteiger partial charge in [-0.2, -0.15) is 0 Å². The van der Waals surface area contributed by atoms with Gasteiger partial charge in [0.2, 0.25) is 0 Å². The molecule has 22 heavy (non-hydrogen) atoms. The minimum absolute atomic E-state index is 0.160. The number of nitrogens with zero attached hydrogens (tertiary/aromatic N) is 4. The molecule has 0 amide bonds. The molecule has 0 saturated carbocycles. The lowest BCUT2D eigenvalue weighted by molar-refractivity contribution is -0.384. The molecule has 1 aromatic rings. The second-order valence-corrected chi connectivity index (χ2v) is 6.11. The summed E-state index contributed by atoms with van der Waals surface area (Å²) in [5.74, 6) is 0. The molecule has 7 heteroatoms. The highest BCUT2D eigenvalue weighted by atomic mass is 16.6. The van der Waals surface area contributed by atoms with Gasteiger partial charge in [0.15, 0.2) is 0 Å². The minimum atomic E-state index is -0.309. The molecule has 2 aliphatic heterocycles. The van der Waals surface area contributed by atoms with Crippen molar-refractivity contribution in [3.63, 3.8) is 0 Å². The Morgan fingerprint density at radius 3 is 2.50 bits per heavy atom. The summed E-state index contributed by atoms with van der Waals surface area (Å²) in [6, 6.07) is 5.28. The summed E-state index contributed by atoms with van der Waals surface area (Å²) in [7, 11) is 2.06. The van der Waals surface area contributed by atoms with Crippen LogP contribution in [0, 0.1) is 10.1 Å². The number of hydrogen-bond donors (Lipinski definition) is 1. The minimum Gasteiger partial charge on any atom is -0.391 e. The molecule has 0 radical (unpaired) electrons. The lowest BCUT2D eigenvalue weighted by Crippen LogP contribution is -2.44. The molecule has 0 aromatic heterocycles. The van der Waals surface area contributed by atoms with Crippen LogP contribution in [0.25, 0.3) is 0 Å². The summed E-state index contributed by atoms with van der Waals surface area (Å²) < 4.78 is 0. The molecule has 0 spiro atoms. The van der Waals surface area contributed by atoms with Crippen LogP contribution in [0.1, 0.15) is 6.42 Å². The van der Waals surface area contributed by atoms with Crippen molar-refractivity contribution in [2.24, 2.45) is 0 Å². The van der Waals surface area contributed by atoms with E-state index in [1.54, 1.807) is 12.1 Å². The molecular formula is C15H22N4O3. The van der Waals surface area contributed by atoms with Gasteiger partial charge in [-0.1, -0.05) is 0 Å². The predicted molar refractivity (Wildman–Crippen MR) is 85.6 cm³/mol. The fraction of sp³-hybridized carbons (Fsp3) is 0.600. The molecule has 2 heterocycles. The van der Waals surface area contributed by atoms with Gasteiger partial charge >= 0.3 is 0 Å². The summed E-state index contributed by atoms with van der Waals surface area (Å²) in [6.45, 7) is 4.79. The molecule has 1 N–H and O–H groups in total.